The standard InChI is InChI=1S/C27H33N5O4/c1-36-16-8-15-31(23(33)17-29-22-14-7-12-20-11-5-6-13-21(20)22)24-25(28)32(27(35)30-26(24)34)18-19-9-3-2-4-10-19/h2-4,7,9-10,12,14,29H,5-6,8,11,13,15-18,28H2,1H3,(H,30,34,35). The average molecular weight is 492 g/mol. The van der Waals surface area contributed by atoms with Crippen molar-refractivity contribution in [2.75, 3.05) is 42.8 Å². The molecule has 1 amide bonds. The summed E-state index contributed by atoms with van der Waals surface area (Å²) in [4.78, 5) is 42.7. The zero-order chi connectivity index (χ0) is 25.5. The SMILES string of the molecule is COCCCN(C(=O)CNc1cccc2c1CCCC2)c1c(N)n(Cc2ccccc2)c(=O)[nH]c1=O. The molecule has 0 saturated heterocycles. The van der Waals surface area contributed by atoms with Gasteiger partial charge in [-0.1, -0.05) is 42.5 Å². The predicted octanol–water partition coefficient (Wildman–Crippen LogP) is 2.53. The van der Waals surface area contributed by atoms with Gasteiger partial charge in [-0.2, -0.15) is 0 Å². The van der Waals surface area contributed by atoms with Crippen LogP contribution >= 0.6 is 0 Å². The molecule has 0 fully saturated rings. The summed E-state index contributed by atoms with van der Waals surface area (Å²) in [5, 5.41) is 3.27. The second-order valence-electron chi connectivity index (χ2n) is 8.96. The number of aryl methyl sites for hydroxylation is 1. The Morgan fingerprint density at radius 1 is 1.11 bits per heavy atom. The first-order valence-electron chi connectivity index (χ1n) is 12.3. The molecular formula is C27H33N5O4. The third kappa shape index (κ3) is 5.68. The number of nitrogens with two attached hydrogens (primary N) is 1. The number of hydrogen-bond donors (Lipinski definition) is 3. The summed E-state index contributed by atoms with van der Waals surface area (Å²) in [6.07, 6.45) is 4.80. The molecule has 36 heavy (non-hydrogen) atoms. The number of H-pyrrole nitrogens is 1. The summed E-state index contributed by atoms with van der Waals surface area (Å²) >= 11 is 0. The van der Waals surface area contributed by atoms with Gasteiger partial charge in [0, 0.05) is 25.9 Å². The molecule has 2 aromatic carbocycles. The molecule has 1 aliphatic carbocycles. The Labute approximate surface area is 209 Å². The minimum atomic E-state index is -0.690. The zero-order valence-corrected chi connectivity index (χ0v) is 20.6. The van der Waals surface area contributed by atoms with E-state index in [1.165, 1.54) is 27.0 Å². The largest absolute Gasteiger partial charge is 0.385 e. The highest BCUT2D eigenvalue weighted by Crippen LogP contribution is 2.28. The molecule has 0 radical (unpaired) electrons. The number of anilines is 3. The quantitative estimate of drug-likeness (QED) is 0.375. The molecule has 9 nitrogen and oxygen atoms in total. The average Bonchev–Trinajstić information content (AvgIpc) is 2.89. The Hall–Kier alpha value is -3.85. The van der Waals surface area contributed by atoms with Crippen LogP contribution in [0.3, 0.4) is 0 Å². The molecule has 0 aliphatic heterocycles. The fourth-order valence-electron chi connectivity index (χ4n) is 4.70. The van der Waals surface area contributed by atoms with Crippen LogP contribution in [0.5, 0.6) is 0 Å². The number of nitrogens with zero attached hydrogens (tertiary/aromatic N) is 2. The number of rotatable bonds is 10. The number of aromatic nitrogens is 2. The van der Waals surface area contributed by atoms with Crippen LogP contribution in [0.25, 0.3) is 0 Å². The maximum atomic E-state index is 13.5. The molecule has 190 valence electrons. The van der Waals surface area contributed by atoms with E-state index in [4.69, 9.17) is 10.5 Å². The number of ether oxygens (including phenoxy) is 1. The fourth-order valence-corrected chi connectivity index (χ4v) is 4.70. The van der Waals surface area contributed by atoms with E-state index in [0.717, 1.165) is 30.5 Å². The molecule has 0 saturated carbocycles. The molecule has 0 spiro atoms. The lowest BCUT2D eigenvalue weighted by Gasteiger charge is -2.26. The van der Waals surface area contributed by atoms with Crippen molar-refractivity contribution in [1.82, 2.24) is 9.55 Å². The Morgan fingerprint density at radius 2 is 1.89 bits per heavy atom. The van der Waals surface area contributed by atoms with Crippen LogP contribution in [0.1, 0.15) is 36.0 Å². The monoisotopic (exact) mass is 491 g/mol. The van der Waals surface area contributed by atoms with Crippen molar-refractivity contribution in [1.29, 1.82) is 0 Å². The molecule has 3 aromatic rings. The Morgan fingerprint density at radius 3 is 2.67 bits per heavy atom. The topological polar surface area (TPSA) is 122 Å². The number of carbonyl (C=O) groups excluding carboxylic acids is 1. The first kappa shape index (κ1) is 25.2. The maximum absolute atomic E-state index is 13.5. The minimum Gasteiger partial charge on any atom is -0.385 e. The lowest BCUT2D eigenvalue weighted by atomic mass is 9.90. The number of nitrogens with one attached hydrogen (secondary N) is 2. The van der Waals surface area contributed by atoms with Gasteiger partial charge in [-0.3, -0.25) is 19.1 Å². The van der Waals surface area contributed by atoms with Crippen LogP contribution in [0.15, 0.2) is 58.1 Å². The second kappa shape index (κ2) is 11.7. The Kier molecular flexibility index (Phi) is 8.22. The van der Waals surface area contributed by atoms with E-state index in [1.807, 2.05) is 42.5 Å². The van der Waals surface area contributed by atoms with Gasteiger partial charge in [-0.05, 0) is 54.9 Å². The summed E-state index contributed by atoms with van der Waals surface area (Å²) in [6, 6.07) is 15.4. The van der Waals surface area contributed by atoms with E-state index in [2.05, 4.69) is 16.4 Å². The van der Waals surface area contributed by atoms with Crippen LogP contribution in [-0.2, 0) is 28.9 Å². The van der Waals surface area contributed by atoms with Crippen molar-refractivity contribution in [3.8, 4) is 0 Å². The lowest BCUT2D eigenvalue weighted by Crippen LogP contribution is -2.44. The van der Waals surface area contributed by atoms with E-state index in [9.17, 15) is 14.4 Å². The normalized spacial score (nSPS) is 12.7. The summed E-state index contributed by atoms with van der Waals surface area (Å²) in [5.74, 6) is -0.364. The van der Waals surface area contributed by atoms with Crippen LogP contribution in [0.4, 0.5) is 17.2 Å². The predicted molar refractivity (Wildman–Crippen MR) is 142 cm³/mol. The first-order chi connectivity index (χ1) is 17.5. The molecule has 1 heterocycles. The van der Waals surface area contributed by atoms with Gasteiger partial charge >= 0.3 is 5.69 Å². The molecule has 9 heteroatoms. The summed E-state index contributed by atoms with van der Waals surface area (Å²) < 4.78 is 6.44. The van der Waals surface area contributed by atoms with Crippen molar-refractivity contribution >= 4 is 23.1 Å². The molecule has 0 bridgehead atoms. The highest BCUT2D eigenvalue weighted by molar-refractivity contribution is 5.98. The molecule has 0 atom stereocenters. The molecule has 1 aliphatic rings. The third-order valence-corrected chi connectivity index (χ3v) is 6.52. The maximum Gasteiger partial charge on any atom is 0.330 e. The minimum absolute atomic E-state index is 0.0138. The van der Waals surface area contributed by atoms with Crippen molar-refractivity contribution in [2.24, 2.45) is 0 Å². The molecule has 1 aromatic heterocycles. The molecule has 0 unspecified atom stereocenters. The van der Waals surface area contributed by atoms with Crippen LogP contribution in [-0.4, -0.2) is 42.3 Å². The first-order valence-corrected chi connectivity index (χ1v) is 12.3. The van der Waals surface area contributed by atoms with Crippen molar-refractivity contribution in [3.05, 3.63) is 86.1 Å². The van der Waals surface area contributed by atoms with Crippen LogP contribution in [0, 0.1) is 0 Å². The van der Waals surface area contributed by atoms with E-state index in [0.29, 0.717) is 13.0 Å². The second-order valence-corrected chi connectivity index (χ2v) is 8.96. The van der Waals surface area contributed by atoms with Gasteiger partial charge in [-0.15, -0.1) is 0 Å². The highest BCUT2D eigenvalue weighted by atomic mass is 16.5. The van der Waals surface area contributed by atoms with Gasteiger partial charge in [-0.25, -0.2) is 4.79 Å². The number of benzene rings is 2. The molecular weight excluding hydrogens is 458 g/mol. The Balaban J connectivity index is 1.63. The fraction of sp³-hybridized carbons (Fsp3) is 0.370. The van der Waals surface area contributed by atoms with Crippen molar-refractivity contribution < 1.29 is 9.53 Å². The van der Waals surface area contributed by atoms with Gasteiger partial charge in [0.25, 0.3) is 5.56 Å². The summed E-state index contributed by atoms with van der Waals surface area (Å²) in [6.45, 7) is 0.785. The van der Waals surface area contributed by atoms with E-state index < -0.39 is 11.2 Å². The molecule has 4 N–H and O–H groups in total. The summed E-state index contributed by atoms with van der Waals surface area (Å²) in [7, 11) is 1.58. The summed E-state index contributed by atoms with van der Waals surface area (Å²) in [5.41, 5.74) is 9.37. The lowest BCUT2D eigenvalue weighted by molar-refractivity contribution is -0.117. The van der Waals surface area contributed by atoms with Crippen LogP contribution < -0.4 is 27.2 Å². The number of methoxy groups -OCH3 is 1. The van der Waals surface area contributed by atoms with E-state index >= 15 is 0 Å². The van der Waals surface area contributed by atoms with E-state index in [1.54, 1.807) is 7.11 Å². The zero-order valence-electron chi connectivity index (χ0n) is 20.6. The number of hydrogen-bond acceptors (Lipinski definition) is 6. The smallest absolute Gasteiger partial charge is 0.330 e. The number of amides is 1. The Bertz CT molecular complexity index is 1320. The number of carbonyl (C=O) groups is 1. The molecule has 4 rings (SSSR count). The van der Waals surface area contributed by atoms with Crippen molar-refractivity contribution in [2.45, 2.75) is 38.6 Å². The van der Waals surface area contributed by atoms with Crippen LogP contribution in [0.2, 0.25) is 0 Å². The van der Waals surface area contributed by atoms with E-state index in [-0.39, 0.29) is 37.0 Å². The van der Waals surface area contributed by atoms with Gasteiger partial charge < -0.3 is 20.7 Å². The highest BCUT2D eigenvalue weighted by Gasteiger charge is 2.24. The van der Waals surface area contributed by atoms with Gasteiger partial charge in [0.05, 0.1) is 13.1 Å². The van der Waals surface area contributed by atoms with Gasteiger partial charge in [0.2, 0.25) is 5.91 Å². The van der Waals surface area contributed by atoms with Gasteiger partial charge in [0.15, 0.2) is 5.69 Å². The third-order valence-electron chi connectivity index (χ3n) is 6.52. The van der Waals surface area contributed by atoms with Gasteiger partial charge in [0.1, 0.15) is 5.82 Å². The number of aromatic amines is 1. The number of fused-ring (bicyclic) bond motifs is 1. The van der Waals surface area contributed by atoms with Crippen molar-refractivity contribution in [3.63, 3.8) is 0 Å². The number of nitrogen functional groups attached to an aromatic ring is 1.